The van der Waals surface area contributed by atoms with Gasteiger partial charge in [0.1, 0.15) is 11.5 Å². The number of rotatable bonds is 4. The summed E-state index contributed by atoms with van der Waals surface area (Å²) < 4.78 is 0. The van der Waals surface area contributed by atoms with Gasteiger partial charge in [0, 0.05) is 18.1 Å². The molecular weight excluding hydrogens is 200 g/mol. The largest absolute Gasteiger partial charge is 0.357 e. The maximum absolute atomic E-state index is 10.6. The number of carbonyl (C=O) groups excluding carboxylic acids is 1. The number of hydrogen-bond donors (Lipinski definition) is 0. The fourth-order valence-electron chi connectivity index (χ4n) is 1.27. The Morgan fingerprint density at radius 3 is 2.57 bits per heavy atom. The second-order valence-electron chi connectivity index (χ2n) is 2.86. The zero-order chi connectivity index (χ0) is 10.6. The van der Waals surface area contributed by atoms with Gasteiger partial charge in [-0.3, -0.25) is 4.79 Å². The highest BCUT2D eigenvalue weighted by molar-refractivity contribution is 6.31. The highest BCUT2D eigenvalue weighted by Crippen LogP contribution is 2.17. The normalized spacial score (nSPS) is 9.93. The molecule has 0 spiro atoms. The average molecular weight is 213 g/mol. The lowest BCUT2D eigenvalue weighted by Crippen LogP contribution is -2.23. The first-order valence-electron chi connectivity index (χ1n) is 4.59. The molecule has 0 saturated carbocycles. The molecule has 0 aromatic carbocycles. The van der Waals surface area contributed by atoms with E-state index in [4.69, 9.17) is 11.6 Å². The van der Waals surface area contributed by atoms with Crippen LogP contribution in [0.5, 0.6) is 0 Å². The molecule has 0 unspecified atom stereocenters. The average Bonchev–Trinajstić information content (AvgIpc) is 2.19. The monoisotopic (exact) mass is 212 g/mol. The van der Waals surface area contributed by atoms with Crippen molar-refractivity contribution in [1.29, 1.82) is 0 Å². The Bertz CT molecular complexity index is 324. The summed E-state index contributed by atoms with van der Waals surface area (Å²) >= 11 is 5.86. The van der Waals surface area contributed by atoms with Crippen molar-refractivity contribution in [3.05, 3.63) is 22.8 Å². The zero-order valence-corrected chi connectivity index (χ0v) is 9.08. The molecule has 3 nitrogen and oxygen atoms in total. The van der Waals surface area contributed by atoms with Gasteiger partial charge in [0.15, 0.2) is 6.29 Å². The van der Waals surface area contributed by atoms with E-state index in [0.29, 0.717) is 17.0 Å². The van der Waals surface area contributed by atoms with Gasteiger partial charge < -0.3 is 4.90 Å². The second-order valence-corrected chi connectivity index (χ2v) is 3.30. The molecule has 14 heavy (non-hydrogen) atoms. The van der Waals surface area contributed by atoms with Gasteiger partial charge >= 0.3 is 0 Å². The molecule has 4 heteroatoms. The number of carbonyl (C=O) groups is 1. The molecule has 0 aliphatic carbocycles. The van der Waals surface area contributed by atoms with Crippen LogP contribution in [0.1, 0.15) is 24.3 Å². The van der Waals surface area contributed by atoms with E-state index in [-0.39, 0.29) is 0 Å². The lowest BCUT2D eigenvalue weighted by Gasteiger charge is -2.19. The van der Waals surface area contributed by atoms with Gasteiger partial charge in [-0.2, -0.15) is 0 Å². The summed E-state index contributed by atoms with van der Waals surface area (Å²) in [5.74, 6) is 0.754. The Labute approximate surface area is 88.7 Å². The fourth-order valence-corrected chi connectivity index (χ4v) is 1.48. The Morgan fingerprint density at radius 1 is 1.43 bits per heavy atom. The number of aldehydes is 1. The minimum Gasteiger partial charge on any atom is -0.357 e. The highest BCUT2D eigenvalue weighted by Gasteiger charge is 2.06. The minimum atomic E-state index is 0.374. The summed E-state index contributed by atoms with van der Waals surface area (Å²) in [4.78, 5) is 16.8. The van der Waals surface area contributed by atoms with Gasteiger partial charge in [0.25, 0.3) is 0 Å². The van der Waals surface area contributed by atoms with Gasteiger partial charge in [0.05, 0.1) is 0 Å². The van der Waals surface area contributed by atoms with Gasteiger partial charge in [-0.15, -0.1) is 0 Å². The van der Waals surface area contributed by atoms with Crippen molar-refractivity contribution in [3.8, 4) is 0 Å². The molecule has 0 aliphatic rings. The summed E-state index contributed by atoms with van der Waals surface area (Å²) in [6, 6.07) is 3.32. The summed E-state index contributed by atoms with van der Waals surface area (Å²) in [6.07, 6.45) is 0.707. The van der Waals surface area contributed by atoms with Crippen LogP contribution in [-0.4, -0.2) is 24.4 Å². The van der Waals surface area contributed by atoms with E-state index in [1.54, 1.807) is 12.1 Å². The van der Waals surface area contributed by atoms with Crippen LogP contribution in [0.15, 0.2) is 12.1 Å². The third kappa shape index (κ3) is 2.45. The molecule has 0 fully saturated rings. The topological polar surface area (TPSA) is 33.2 Å². The SMILES string of the molecule is CCN(CC)c1cc(Cl)cc(C=O)n1. The van der Waals surface area contributed by atoms with E-state index in [9.17, 15) is 4.79 Å². The summed E-state index contributed by atoms with van der Waals surface area (Å²) in [7, 11) is 0. The lowest BCUT2D eigenvalue weighted by atomic mass is 10.3. The molecule has 76 valence electrons. The van der Waals surface area contributed by atoms with Crippen molar-refractivity contribution in [2.75, 3.05) is 18.0 Å². The first-order valence-corrected chi connectivity index (χ1v) is 4.96. The van der Waals surface area contributed by atoms with Crippen molar-refractivity contribution in [2.24, 2.45) is 0 Å². The molecule has 0 N–H and O–H groups in total. The van der Waals surface area contributed by atoms with Crippen molar-refractivity contribution >= 4 is 23.7 Å². The van der Waals surface area contributed by atoms with Crippen LogP contribution in [-0.2, 0) is 0 Å². The maximum Gasteiger partial charge on any atom is 0.168 e. The molecule has 0 saturated heterocycles. The first-order chi connectivity index (χ1) is 6.71. The van der Waals surface area contributed by atoms with Gasteiger partial charge in [0.2, 0.25) is 0 Å². The van der Waals surface area contributed by atoms with Crippen LogP contribution >= 0.6 is 11.6 Å². The minimum absolute atomic E-state index is 0.374. The molecule has 1 aromatic heterocycles. The predicted molar refractivity (Wildman–Crippen MR) is 58.2 cm³/mol. The summed E-state index contributed by atoms with van der Waals surface area (Å²) in [5, 5.41) is 0.545. The Morgan fingerprint density at radius 2 is 2.07 bits per heavy atom. The van der Waals surface area contributed by atoms with Crippen molar-refractivity contribution in [1.82, 2.24) is 4.98 Å². The smallest absolute Gasteiger partial charge is 0.168 e. The molecular formula is C10H13ClN2O. The number of hydrogen-bond acceptors (Lipinski definition) is 3. The van der Waals surface area contributed by atoms with Crippen LogP contribution in [0.25, 0.3) is 0 Å². The zero-order valence-electron chi connectivity index (χ0n) is 8.33. The maximum atomic E-state index is 10.6. The summed E-state index contributed by atoms with van der Waals surface area (Å²) in [5.41, 5.74) is 0.374. The van der Waals surface area contributed by atoms with Crippen LogP contribution < -0.4 is 4.90 Å². The molecule has 0 atom stereocenters. The molecule has 0 aliphatic heterocycles. The van der Waals surface area contributed by atoms with Crippen LogP contribution in [0.4, 0.5) is 5.82 Å². The molecule has 1 heterocycles. The van der Waals surface area contributed by atoms with E-state index >= 15 is 0 Å². The number of nitrogens with zero attached hydrogens (tertiary/aromatic N) is 2. The van der Waals surface area contributed by atoms with Crippen LogP contribution in [0, 0.1) is 0 Å². The van der Waals surface area contributed by atoms with Gasteiger partial charge in [-0.1, -0.05) is 11.6 Å². The van der Waals surface area contributed by atoms with Gasteiger partial charge in [-0.25, -0.2) is 4.98 Å². The fraction of sp³-hybridized carbons (Fsp3) is 0.400. The molecule has 0 bridgehead atoms. The Kier molecular flexibility index (Phi) is 3.89. The molecule has 1 aromatic rings. The number of halogens is 1. The van der Waals surface area contributed by atoms with Crippen molar-refractivity contribution in [3.63, 3.8) is 0 Å². The quantitative estimate of drug-likeness (QED) is 0.719. The van der Waals surface area contributed by atoms with Gasteiger partial charge in [-0.05, 0) is 26.0 Å². The third-order valence-corrected chi connectivity index (χ3v) is 2.22. The lowest BCUT2D eigenvalue weighted by molar-refractivity contribution is 0.111. The first kappa shape index (κ1) is 11.0. The molecule has 1 rings (SSSR count). The van der Waals surface area contributed by atoms with Crippen LogP contribution in [0.3, 0.4) is 0 Å². The number of aromatic nitrogens is 1. The highest BCUT2D eigenvalue weighted by atomic mass is 35.5. The number of anilines is 1. The Balaban J connectivity index is 3.07. The van der Waals surface area contributed by atoms with E-state index in [2.05, 4.69) is 4.98 Å². The van der Waals surface area contributed by atoms with Crippen LogP contribution in [0.2, 0.25) is 5.02 Å². The third-order valence-electron chi connectivity index (χ3n) is 2.00. The number of pyridine rings is 1. The van der Waals surface area contributed by atoms with E-state index in [1.807, 2.05) is 18.7 Å². The van der Waals surface area contributed by atoms with E-state index in [0.717, 1.165) is 18.9 Å². The van der Waals surface area contributed by atoms with E-state index < -0.39 is 0 Å². The molecule has 0 radical (unpaired) electrons. The summed E-state index contributed by atoms with van der Waals surface area (Å²) in [6.45, 7) is 5.77. The van der Waals surface area contributed by atoms with Crippen molar-refractivity contribution < 1.29 is 4.79 Å². The molecule has 0 amide bonds. The van der Waals surface area contributed by atoms with E-state index in [1.165, 1.54) is 0 Å². The van der Waals surface area contributed by atoms with Crippen molar-refractivity contribution in [2.45, 2.75) is 13.8 Å². The second kappa shape index (κ2) is 4.96. The Hall–Kier alpha value is -1.09. The predicted octanol–water partition coefficient (Wildman–Crippen LogP) is 2.39. The standard InChI is InChI=1S/C10H13ClN2O/c1-3-13(4-2)10-6-8(11)5-9(7-14)12-10/h5-7H,3-4H2,1-2H3.